The molecule has 3 aromatic rings. The lowest BCUT2D eigenvalue weighted by Gasteiger charge is -2.29. The van der Waals surface area contributed by atoms with E-state index in [2.05, 4.69) is 20.5 Å². The first-order chi connectivity index (χ1) is 13.0. The lowest BCUT2D eigenvalue weighted by atomic mass is 9.97. The molecule has 0 amide bonds. The van der Waals surface area contributed by atoms with Crippen LogP contribution in [0, 0.1) is 0 Å². The molecule has 3 heterocycles. The zero-order valence-corrected chi connectivity index (χ0v) is 15.1. The molecule has 4 rings (SSSR count). The van der Waals surface area contributed by atoms with Gasteiger partial charge in [-0.15, -0.1) is 21.5 Å². The van der Waals surface area contributed by atoms with Crippen LogP contribution in [0.15, 0.2) is 40.1 Å². The summed E-state index contributed by atoms with van der Waals surface area (Å²) in [5, 5.41) is 9.75. The van der Waals surface area contributed by atoms with Crippen LogP contribution in [0.3, 0.4) is 0 Å². The van der Waals surface area contributed by atoms with Gasteiger partial charge in [0.05, 0.1) is 5.69 Å². The number of piperidine rings is 1. The average Bonchev–Trinajstić information content (AvgIpc) is 3.33. The van der Waals surface area contributed by atoms with Crippen molar-refractivity contribution in [2.24, 2.45) is 0 Å². The van der Waals surface area contributed by atoms with Crippen molar-refractivity contribution in [2.45, 2.75) is 31.5 Å². The van der Waals surface area contributed by atoms with Crippen LogP contribution in [0.5, 0.6) is 0 Å². The molecule has 1 aliphatic rings. The monoisotopic (exact) mass is 394 g/mol. The van der Waals surface area contributed by atoms with Crippen molar-refractivity contribution in [3.63, 3.8) is 0 Å². The minimum atomic E-state index is -4.59. The fourth-order valence-electron chi connectivity index (χ4n) is 3.17. The first kappa shape index (κ1) is 18.1. The van der Waals surface area contributed by atoms with E-state index in [1.54, 1.807) is 11.3 Å². The van der Waals surface area contributed by atoms with Crippen LogP contribution in [-0.4, -0.2) is 33.2 Å². The summed E-state index contributed by atoms with van der Waals surface area (Å²) in [5.41, 5.74) is 2.11. The highest BCUT2D eigenvalue weighted by Gasteiger charge is 2.39. The Balaban J connectivity index is 1.34. The van der Waals surface area contributed by atoms with Crippen LogP contribution >= 0.6 is 11.3 Å². The Morgan fingerprint density at radius 1 is 1.11 bits per heavy atom. The van der Waals surface area contributed by atoms with Gasteiger partial charge in [0.1, 0.15) is 5.01 Å². The third kappa shape index (κ3) is 4.19. The molecular formula is C18H17F3N4OS. The number of halogens is 3. The predicted octanol–water partition coefficient (Wildman–Crippen LogP) is 4.59. The van der Waals surface area contributed by atoms with E-state index >= 15 is 0 Å². The molecule has 2 aromatic heterocycles. The number of thiazole rings is 1. The average molecular weight is 394 g/mol. The second-order valence-electron chi connectivity index (χ2n) is 6.50. The maximum atomic E-state index is 12.6. The summed E-state index contributed by atoms with van der Waals surface area (Å²) < 4.78 is 42.6. The predicted molar refractivity (Wildman–Crippen MR) is 94.1 cm³/mol. The summed E-state index contributed by atoms with van der Waals surface area (Å²) in [4.78, 5) is 6.94. The molecular weight excluding hydrogens is 377 g/mol. The number of aromatic nitrogens is 3. The standard InChI is InChI=1S/C18H17F3N4OS/c19-18(20,21)17-24-23-15(26-17)12-6-8-25(9-7-12)10-14-11-27-16(22-14)13-4-2-1-3-5-13/h1-5,11-12H,6-10H2. The zero-order chi connectivity index (χ0) is 18.9. The van der Waals surface area contributed by atoms with E-state index in [1.807, 2.05) is 30.3 Å². The SMILES string of the molecule is FC(F)(F)c1nnc(C2CCN(Cc3csc(-c4ccccc4)n3)CC2)o1. The van der Waals surface area contributed by atoms with E-state index in [1.165, 1.54) is 0 Å². The zero-order valence-electron chi connectivity index (χ0n) is 14.3. The fourth-order valence-corrected chi connectivity index (χ4v) is 3.99. The molecule has 1 aliphatic heterocycles. The van der Waals surface area contributed by atoms with E-state index in [-0.39, 0.29) is 11.8 Å². The van der Waals surface area contributed by atoms with E-state index < -0.39 is 12.1 Å². The van der Waals surface area contributed by atoms with Gasteiger partial charge in [0, 0.05) is 23.4 Å². The largest absolute Gasteiger partial charge is 0.470 e. The number of alkyl halides is 3. The summed E-state index contributed by atoms with van der Waals surface area (Å²) in [7, 11) is 0. The summed E-state index contributed by atoms with van der Waals surface area (Å²) in [6.07, 6.45) is -3.21. The number of benzene rings is 1. The number of nitrogens with zero attached hydrogens (tertiary/aromatic N) is 4. The van der Waals surface area contributed by atoms with Crippen molar-refractivity contribution in [2.75, 3.05) is 13.1 Å². The molecule has 0 aliphatic carbocycles. The number of likely N-dealkylation sites (tertiary alicyclic amines) is 1. The summed E-state index contributed by atoms with van der Waals surface area (Å²) in [6, 6.07) is 10.0. The van der Waals surface area contributed by atoms with Crippen molar-refractivity contribution in [1.82, 2.24) is 20.1 Å². The highest BCUT2D eigenvalue weighted by molar-refractivity contribution is 7.13. The number of hydrogen-bond donors (Lipinski definition) is 0. The lowest BCUT2D eigenvalue weighted by Crippen LogP contribution is -2.32. The molecule has 0 unspecified atom stereocenters. The Bertz CT molecular complexity index is 885. The van der Waals surface area contributed by atoms with E-state index in [0.29, 0.717) is 12.8 Å². The molecule has 0 saturated carbocycles. The molecule has 1 aromatic carbocycles. The minimum absolute atomic E-state index is 0.0852. The number of hydrogen-bond acceptors (Lipinski definition) is 6. The van der Waals surface area contributed by atoms with Gasteiger partial charge in [-0.25, -0.2) is 4.98 Å². The van der Waals surface area contributed by atoms with Gasteiger partial charge in [-0.3, -0.25) is 4.90 Å². The third-order valence-electron chi connectivity index (χ3n) is 4.58. The van der Waals surface area contributed by atoms with Gasteiger partial charge in [-0.05, 0) is 25.9 Å². The Kier molecular flexibility index (Phi) is 4.96. The van der Waals surface area contributed by atoms with Crippen molar-refractivity contribution >= 4 is 11.3 Å². The first-order valence-corrected chi connectivity index (χ1v) is 9.50. The van der Waals surface area contributed by atoms with Crippen LogP contribution in [0.25, 0.3) is 10.6 Å². The van der Waals surface area contributed by atoms with Crippen LogP contribution < -0.4 is 0 Å². The second kappa shape index (κ2) is 7.40. The Morgan fingerprint density at radius 2 is 1.85 bits per heavy atom. The smallest absolute Gasteiger partial charge is 0.417 e. The molecule has 5 nitrogen and oxygen atoms in total. The highest BCUT2D eigenvalue weighted by atomic mass is 32.1. The summed E-state index contributed by atoms with van der Waals surface area (Å²) in [6.45, 7) is 2.24. The highest BCUT2D eigenvalue weighted by Crippen LogP contribution is 2.33. The Morgan fingerprint density at radius 3 is 2.52 bits per heavy atom. The maximum absolute atomic E-state index is 12.6. The molecule has 27 heavy (non-hydrogen) atoms. The molecule has 9 heteroatoms. The van der Waals surface area contributed by atoms with Crippen molar-refractivity contribution in [3.8, 4) is 10.6 Å². The molecule has 1 fully saturated rings. The Hall–Kier alpha value is -2.26. The lowest BCUT2D eigenvalue weighted by molar-refractivity contribution is -0.157. The third-order valence-corrected chi connectivity index (χ3v) is 5.52. The first-order valence-electron chi connectivity index (χ1n) is 8.62. The molecule has 0 bridgehead atoms. The fraction of sp³-hybridized carbons (Fsp3) is 0.389. The molecule has 1 saturated heterocycles. The quantitative estimate of drug-likeness (QED) is 0.648. The van der Waals surface area contributed by atoms with Gasteiger partial charge in [0.25, 0.3) is 0 Å². The van der Waals surface area contributed by atoms with E-state index in [0.717, 1.165) is 35.9 Å². The van der Waals surface area contributed by atoms with Crippen LogP contribution in [0.1, 0.15) is 36.2 Å². The molecule has 0 radical (unpaired) electrons. The van der Waals surface area contributed by atoms with Crippen LogP contribution in [0.2, 0.25) is 0 Å². The van der Waals surface area contributed by atoms with Crippen LogP contribution in [0.4, 0.5) is 13.2 Å². The number of rotatable bonds is 4. The van der Waals surface area contributed by atoms with Gasteiger partial charge in [0.2, 0.25) is 5.89 Å². The Labute approximate surface area is 157 Å². The van der Waals surface area contributed by atoms with Crippen molar-refractivity contribution in [1.29, 1.82) is 0 Å². The van der Waals surface area contributed by atoms with E-state index in [9.17, 15) is 13.2 Å². The van der Waals surface area contributed by atoms with Gasteiger partial charge < -0.3 is 4.42 Å². The summed E-state index contributed by atoms with van der Waals surface area (Å²) in [5.74, 6) is -1.31. The van der Waals surface area contributed by atoms with Crippen molar-refractivity contribution in [3.05, 3.63) is 53.2 Å². The topological polar surface area (TPSA) is 55.1 Å². The molecule has 0 spiro atoms. The van der Waals surface area contributed by atoms with Crippen molar-refractivity contribution < 1.29 is 17.6 Å². The molecule has 142 valence electrons. The summed E-state index contributed by atoms with van der Waals surface area (Å²) >= 11 is 1.62. The van der Waals surface area contributed by atoms with Gasteiger partial charge in [-0.1, -0.05) is 30.3 Å². The normalized spacial score (nSPS) is 16.7. The van der Waals surface area contributed by atoms with Gasteiger partial charge in [0.15, 0.2) is 0 Å². The molecule has 0 N–H and O–H groups in total. The van der Waals surface area contributed by atoms with Gasteiger partial charge >= 0.3 is 12.1 Å². The maximum Gasteiger partial charge on any atom is 0.470 e. The van der Waals surface area contributed by atoms with Crippen LogP contribution in [-0.2, 0) is 12.7 Å². The second-order valence-corrected chi connectivity index (χ2v) is 7.36. The molecule has 0 atom stereocenters. The van der Waals surface area contributed by atoms with Gasteiger partial charge in [-0.2, -0.15) is 13.2 Å². The van der Waals surface area contributed by atoms with E-state index in [4.69, 9.17) is 9.40 Å². The minimum Gasteiger partial charge on any atom is -0.417 e.